The van der Waals surface area contributed by atoms with Gasteiger partial charge in [-0.1, -0.05) is 32.4 Å². The summed E-state index contributed by atoms with van der Waals surface area (Å²) in [5.41, 5.74) is 1.48. The van der Waals surface area contributed by atoms with Gasteiger partial charge in [-0.05, 0) is 62.0 Å². The Balaban J connectivity index is 1.95. The van der Waals surface area contributed by atoms with Crippen LogP contribution in [0.25, 0.3) is 0 Å². The molecule has 2 atom stereocenters. The Hall–Kier alpha value is 0.0900. The van der Waals surface area contributed by atoms with Crippen LogP contribution in [0.1, 0.15) is 58.8 Å². The smallest absolute Gasteiger partial charge is 0.00952 e. The molecule has 0 radical (unpaired) electrons. The summed E-state index contributed by atoms with van der Waals surface area (Å²) >= 11 is 4.30. The number of allylic oxidation sites excluding steroid dienone is 1. The van der Waals surface area contributed by atoms with E-state index >= 15 is 0 Å². The van der Waals surface area contributed by atoms with Crippen LogP contribution in [-0.4, -0.2) is 5.75 Å². The maximum absolute atomic E-state index is 4.30. The second-order valence-corrected chi connectivity index (χ2v) is 6.29. The van der Waals surface area contributed by atoms with E-state index < -0.39 is 0 Å². The molecule has 0 aromatic carbocycles. The molecule has 0 heterocycles. The van der Waals surface area contributed by atoms with Crippen LogP contribution >= 0.6 is 12.6 Å². The molecule has 0 bridgehead atoms. The number of hydrogen-bond donors (Lipinski definition) is 1. The minimum Gasteiger partial charge on any atom is -0.179 e. The average molecular weight is 240 g/mol. The maximum Gasteiger partial charge on any atom is -0.00952 e. The van der Waals surface area contributed by atoms with Gasteiger partial charge >= 0.3 is 0 Å². The predicted octanol–water partition coefficient (Wildman–Crippen LogP) is 5.11. The van der Waals surface area contributed by atoms with Crippen LogP contribution in [0.5, 0.6) is 0 Å². The zero-order valence-electron chi connectivity index (χ0n) is 11.0. The van der Waals surface area contributed by atoms with E-state index in [1.54, 1.807) is 0 Å². The van der Waals surface area contributed by atoms with Gasteiger partial charge in [0.05, 0.1) is 0 Å². The molecule has 1 saturated carbocycles. The molecule has 0 aliphatic heterocycles. The lowest BCUT2D eigenvalue weighted by molar-refractivity contribution is 0.545. The van der Waals surface area contributed by atoms with Gasteiger partial charge < -0.3 is 0 Å². The molecular weight excluding hydrogens is 212 g/mol. The molecule has 0 saturated heterocycles. The van der Waals surface area contributed by atoms with Gasteiger partial charge in [-0.15, -0.1) is 0 Å². The second-order valence-electron chi connectivity index (χ2n) is 5.84. The van der Waals surface area contributed by atoms with Crippen molar-refractivity contribution in [1.82, 2.24) is 0 Å². The van der Waals surface area contributed by atoms with E-state index in [1.807, 2.05) is 0 Å². The van der Waals surface area contributed by atoms with E-state index in [2.05, 4.69) is 33.1 Å². The van der Waals surface area contributed by atoms with Gasteiger partial charge in [0.1, 0.15) is 0 Å². The van der Waals surface area contributed by atoms with E-state index in [-0.39, 0.29) is 0 Å². The van der Waals surface area contributed by atoms with Gasteiger partial charge in [0.25, 0.3) is 0 Å². The Morgan fingerprint density at radius 3 is 2.56 bits per heavy atom. The fourth-order valence-electron chi connectivity index (χ4n) is 2.46. The zero-order chi connectivity index (χ0) is 12.0. The topological polar surface area (TPSA) is 0 Å². The standard InChI is InChI=1S/C15H28S/c1-12(2)5-4-6-13(3)7-8-14-11-15(14)9-10-16/h12,14-16H,3-11H2,1-2H3/t14-,15-/m0/s1. The molecule has 0 amide bonds. The summed E-state index contributed by atoms with van der Waals surface area (Å²) < 4.78 is 0. The molecule has 1 aliphatic carbocycles. The Morgan fingerprint density at radius 1 is 1.25 bits per heavy atom. The summed E-state index contributed by atoms with van der Waals surface area (Å²) in [6, 6.07) is 0. The Kier molecular flexibility index (Phi) is 6.57. The Bertz CT molecular complexity index is 207. The van der Waals surface area contributed by atoms with Crippen molar-refractivity contribution in [3.8, 4) is 0 Å². The molecule has 0 spiro atoms. The first kappa shape index (κ1) is 14.2. The third-order valence-corrected chi connectivity index (χ3v) is 4.01. The summed E-state index contributed by atoms with van der Waals surface area (Å²) in [6.45, 7) is 8.81. The van der Waals surface area contributed by atoms with E-state index in [4.69, 9.17) is 0 Å². The quantitative estimate of drug-likeness (QED) is 0.420. The summed E-state index contributed by atoms with van der Waals surface area (Å²) in [6.07, 6.45) is 9.38. The fourth-order valence-corrected chi connectivity index (χ4v) is 2.79. The van der Waals surface area contributed by atoms with Crippen molar-refractivity contribution in [2.75, 3.05) is 5.75 Å². The van der Waals surface area contributed by atoms with Crippen molar-refractivity contribution in [2.45, 2.75) is 58.8 Å². The maximum atomic E-state index is 4.30. The number of hydrogen-bond acceptors (Lipinski definition) is 1. The molecule has 1 aliphatic rings. The molecule has 0 N–H and O–H groups in total. The molecule has 0 unspecified atom stereocenters. The van der Waals surface area contributed by atoms with Crippen LogP contribution in [-0.2, 0) is 0 Å². The summed E-state index contributed by atoms with van der Waals surface area (Å²) in [7, 11) is 0. The second kappa shape index (κ2) is 7.42. The lowest BCUT2D eigenvalue weighted by Gasteiger charge is -2.07. The first-order chi connectivity index (χ1) is 7.63. The highest BCUT2D eigenvalue weighted by atomic mass is 32.1. The molecule has 1 fully saturated rings. The van der Waals surface area contributed by atoms with E-state index in [1.165, 1.54) is 50.5 Å². The largest absolute Gasteiger partial charge is 0.179 e. The van der Waals surface area contributed by atoms with Crippen LogP contribution in [0, 0.1) is 17.8 Å². The SMILES string of the molecule is C=C(CCCC(C)C)CC[C@H]1C[C@@H]1CCS. The van der Waals surface area contributed by atoms with Crippen LogP contribution in [0.3, 0.4) is 0 Å². The molecular formula is C15H28S. The molecule has 1 rings (SSSR count). The summed E-state index contributed by atoms with van der Waals surface area (Å²) in [5, 5.41) is 0. The van der Waals surface area contributed by atoms with Crippen LogP contribution in [0.4, 0.5) is 0 Å². The van der Waals surface area contributed by atoms with Gasteiger partial charge in [0.2, 0.25) is 0 Å². The van der Waals surface area contributed by atoms with Crippen molar-refractivity contribution in [3.05, 3.63) is 12.2 Å². The Morgan fingerprint density at radius 2 is 1.94 bits per heavy atom. The van der Waals surface area contributed by atoms with Crippen LogP contribution in [0.15, 0.2) is 12.2 Å². The average Bonchev–Trinajstić information content (AvgIpc) is 2.94. The number of thiol groups is 1. The fraction of sp³-hybridized carbons (Fsp3) is 0.867. The highest BCUT2D eigenvalue weighted by molar-refractivity contribution is 7.80. The van der Waals surface area contributed by atoms with Crippen molar-refractivity contribution in [1.29, 1.82) is 0 Å². The van der Waals surface area contributed by atoms with Crippen molar-refractivity contribution >= 4 is 12.6 Å². The summed E-state index contributed by atoms with van der Waals surface area (Å²) in [5.74, 6) is 3.92. The van der Waals surface area contributed by atoms with Gasteiger partial charge in [-0.25, -0.2) is 0 Å². The normalized spacial score (nSPS) is 23.8. The highest BCUT2D eigenvalue weighted by Gasteiger charge is 2.35. The molecule has 0 nitrogen and oxygen atoms in total. The summed E-state index contributed by atoms with van der Waals surface area (Å²) in [4.78, 5) is 0. The molecule has 0 aromatic heterocycles. The molecule has 1 heteroatoms. The molecule has 16 heavy (non-hydrogen) atoms. The van der Waals surface area contributed by atoms with Crippen molar-refractivity contribution in [2.24, 2.45) is 17.8 Å². The van der Waals surface area contributed by atoms with Crippen LogP contribution in [0.2, 0.25) is 0 Å². The third-order valence-electron chi connectivity index (χ3n) is 3.75. The first-order valence-electron chi connectivity index (χ1n) is 6.91. The van der Waals surface area contributed by atoms with Gasteiger partial charge in [-0.3, -0.25) is 0 Å². The van der Waals surface area contributed by atoms with Crippen molar-refractivity contribution in [3.63, 3.8) is 0 Å². The van der Waals surface area contributed by atoms with Crippen LogP contribution < -0.4 is 0 Å². The zero-order valence-corrected chi connectivity index (χ0v) is 11.9. The highest BCUT2D eigenvalue weighted by Crippen LogP contribution is 2.45. The van der Waals surface area contributed by atoms with E-state index in [0.29, 0.717) is 0 Å². The molecule has 94 valence electrons. The van der Waals surface area contributed by atoms with E-state index in [9.17, 15) is 0 Å². The Labute approximate surface area is 107 Å². The predicted molar refractivity (Wildman–Crippen MR) is 77.1 cm³/mol. The van der Waals surface area contributed by atoms with Crippen molar-refractivity contribution < 1.29 is 0 Å². The van der Waals surface area contributed by atoms with Gasteiger partial charge in [0.15, 0.2) is 0 Å². The lowest BCUT2D eigenvalue weighted by atomic mass is 9.99. The third kappa shape index (κ3) is 5.98. The van der Waals surface area contributed by atoms with Gasteiger partial charge in [0, 0.05) is 0 Å². The first-order valence-corrected chi connectivity index (χ1v) is 7.54. The lowest BCUT2D eigenvalue weighted by Crippen LogP contribution is -1.91. The monoisotopic (exact) mass is 240 g/mol. The van der Waals surface area contributed by atoms with E-state index in [0.717, 1.165) is 23.5 Å². The molecule has 0 aromatic rings. The minimum absolute atomic E-state index is 0.844. The number of rotatable bonds is 9. The van der Waals surface area contributed by atoms with Gasteiger partial charge in [-0.2, -0.15) is 12.6 Å². The minimum atomic E-state index is 0.844.